The molecule has 0 spiro atoms. The number of rotatable bonds is 1. The predicted molar refractivity (Wildman–Crippen MR) is 41.3 cm³/mol. The van der Waals surface area contributed by atoms with Gasteiger partial charge in [0.15, 0.2) is 0 Å². The molecule has 0 aromatic heterocycles. The molecule has 1 N–H and O–H groups in total. The van der Waals surface area contributed by atoms with Crippen LogP contribution in [0.15, 0.2) is 24.3 Å². The first-order chi connectivity index (χ1) is 4.33. The predicted octanol–water partition coefficient (Wildman–Crippen LogP) is 1.21. The molecule has 0 aliphatic carbocycles. The van der Waals surface area contributed by atoms with Crippen molar-refractivity contribution in [1.82, 2.24) is 0 Å². The molecule has 0 heterocycles. The van der Waals surface area contributed by atoms with E-state index in [1.807, 2.05) is 31.2 Å². The second kappa shape index (κ2) is 2.95. The van der Waals surface area contributed by atoms with Crippen LogP contribution in [0.2, 0.25) is 0 Å². The molecule has 1 atom stereocenters. The van der Waals surface area contributed by atoms with Gasteiger partial charge in [0.2, 0.25) is 0 Å². The molecule has 1 rings (SSSR count). The van der Waals surface area contributed by atoms with E-state index in [1.54, 1.807) is 0 Å². The van der Waals surface area contributed by atoms with Crippen molar-refractivity contribution in [3.8, 4) is 0 Å². The topological polar surface area (TPSA) is 20.2 Å². The van der Waals surface area contributed by atoms with Crippen molar-refractivity contribution in [2.75, 3.05) is 0 Å². The molecular formula is C7H9OP. The summed E-state index contributed by atoms with van der Waals surface area (Å²) in [5, 5.41) is 1.01. The van der Waals surface area contributed by atoms with Gasteiger partial charge in [0.25, 0.3) is 0 Å². The van der Waals surface area contributed by atoms with Crippen molar-refractivity contribution in [3.63, 3.8) is 0 Å². The van der Waals surface area contributed by atoms with Gasteiger partial charge in [-0.25, -0.2) is 0 Å². The molecule has 0 aliphatic heterocycles. The van der Waals surface area contributed by atoms with E-state index in [2.05, 4.69) is 0 Å². The zero-order valence-corrected chi connectivity index (χ0v) is 6.26. The second-order valence-electron chi connectivity index (χ2n) is 1.98. The van der Waals surface area contributed by atoms with Crippen LogP contribution in [-0.2, 0) is 0 Å². The van der Waals surface area contributed by atoms with Crippen molar-refractivity contribution in [1.29, 1.82) is 0 Å². The first-order valence-electron chi connectivity index (χ1n) is 2.79. The summed E-state index contributed by atoms with van der Waals surface area (Å²) in [6, 6.07) is 7.88. The fourth-order valence-electron chi connectivity index (χ4n) is 0.715. The third-order valence-corrected chi connectivity index (χ3v) is 1.72. The van der Waals surface area contributed by atoms with Crippen LogP contribution >= 0.6 is 8.81 Å². The van der Waals surface area contributed by atoms with Gasteiger partial charge in [-0.2, -0.15) is 0 Å². The van der Waals surface area contributed by atoms with E-state index >= 15 is 0 Å². The number of benzene rings is 1. The maximum absolute atomic E-state index is 8.69. The molecule has 9 heavy (non-hydrogen) atoms. The zero-order chi connectivity index (χ0) is 6.69. The lowest BCUT2D eigenvalue weighted by molar-refractivity contribution is 0.655. The maximum atomic E-state index is 8.69. The molecule has 0 amide bonds. The van der Waals surface area contributed by atoms with E-state index in [1.165, 1.54) is 5.56 Å². The summed E-state index contributed by atoms with van der Waals surface area (Å²) in [6.45, 7) is 2.02. The van der Waals surface area contributed by atoms with E-state index < -0.39 is 0 Å². The summed E-state index contributed by atoms with van der Waals surface area (Å²) in [5.41, 5.74) is 1.20. The lowest BCUT2D eigenvalue weighted by Gasteiger charge is -1.94. The third kappa shape index (κ3) is 1.78. The third-order valence-electron chi connectivity index (χ3n) is 1.15. The van der Waals surface area contributed by atoms with Gasteiger partial charge in [-0.15, -0.1) is 0 Å². The molecule has 48 valence electrons. The Morgan fingerprint density at radius 3 is 2.67 bits per heavy atom. The maximum Gasteiger partial charge on any atom is 0.0420 e. The Balaban J connectivity index is 2.94. The molecule has 0 saturated heterocycles. The average molecular weight is 140 g/mol. The summed E-state index contributed by atoms with van der Waals surface area (Å²) in [4.78, 5) is 8.69. The van der Waals surface area contributed by atoms with Crippen LogP contribution in [0.4, 0.5) is 0 Å². The lowest BCUT2D eigenvalue weighted by atomic mass is 10.2. The largest absolute Gasteiger partial charge is 0.372 e. The van der Waals surface area contributed by atoms with Gasteiger partial charge in [0, 0.05) is 8.81 Å². The standard InChI is InChI=1S/C7H9OP/c1-6-3-2-4-7(5-6)9-8/h2-5,8-9H,1H3. The fraction of sp³-hybridized carbons (Fsp3) is 0.143. The minimum absolute atomic E-state index is 0.0736. The van der Waals surface area contributed by atoms with Gasteiger partial charge in [-0.1, -0.05) is 23.8 Å². The highest BCUT2D eigenvalue weighted by Gasteiger charge is 1.87. The normalized spacial score (nSPS) is 10.9. The molecule has 1 aromatic rings. The molecule has 1 nitrogen and oxygen atoms in total. The molecule has 2 heteroatoms. The van der Waals surface area contributed by atoms with Gasteiger partial charge in [-0.05, 0) is 18.3 Å². The Labute approximate surface area is 56.6 Å². The van der Waals surface area contributed by atoms with Crippen molar-refractivity contribution < 1.29 is 4.89 Å². The van der Waals surface area contributed by atoms with Crippen LogP contribution in [0, 0.1) is 6.92 Å². The number of aryl methyl sites for hydroxylation is 1. The van der Waals surface area contributed by atoms with Gasteiger partial charge in [-0.3, -0.25) is 0 Å². The van der Waals surface area contributed by atoms with Crippen molar-refractivity contribution in [2.24, 2.45) is 0 Å². The summed E-state index contributed by atoms with van der Waals surface area (Å²) < 4.78 is 0. The molecule has 1 aromatic carbocycles. The molecule has 0 aliphatic rings. The SMILES string of the molecule is Cc1cccc(PO)c1. The van der Waals surface area contributed by atoms with E-state index in [-0.39, 0.29) is 8.81 Å². The van der Waals surface area contributed by atoms with Gasteiger partial charge < -0.3 is 4.89 Å². The highest BCUT2D eigenvalue weighted by atomic mass is 31.1. The zero-order valence-electron chi connectivity index (χ0n) is 5.26. The highest BCUT2D eigenvalue weighted by Crippen LogP contribution is 2.03. The Kier molecular flexibility index (Phi) is 2.21. The number of hydrogen-bond acceptors (Lipinski definition) is 1. The molecule has 0 fully saturated rings. The molecular weight excluding hydrogens is 131 g/mol. The summed E-state index contributed by atoms with van der Waals surface area (Å²) in [5.74, 6) is 0. The van der Waals surface area contributed by atoms with E-state index in [9.17, 15) is 0 Å². The first kappa shape index (κ1) is 6.73. The minimum atomic E-state index is -0.0736. The lowest BCUT2D eigenvalue weighted by Crippen LogP contribution is -1.91. The smallest absolute Gasteiger partial charge is 0.0420 e. The van der Waals surface area contributed by atoms with Crippen LogP contribution in [-0.4, -0.2) is 4.89 Å². The second-order valence-corrected chi connectivity index (χ2v) is 2.78. The summed E-state index contributed by atoms with van der Waals surface area (Å²) in [7, 11) is -0.0736. The van der Waals surface area contributed by atoms with Crippen LogP contribution in [0.25, 0.3) is 0 Å². The van der Waals surface area contributed by atoms with Gasteiger partial charge in [0.05, 0.1) is 0 Å². The summed E-state index contributed by atoms with van der Waals surface area (Å²) >= 11 is 0. The minimum Gasteiger partial charge on any atom is -0.372 e. The molecule has 0 saturated carbocycles. The Bertz CT molecular complexity index is 198. The quantitative estimate of drug-likeness (QED) is 0.581. The Morgan fingerprint density at radius 2 is 2.22 bits per heavy atom. The van der Waals surface area contributed by atoms with Crippen molar-refractivity contribution >= 4 is 14.1 Å². The monoisotopic (exact) mass is 140 g/mol. The van der Waals surface area contributed by atoms with Crippen LogP contribution in [0.3, 0.4) is 0 Å². The van der Waals surface area contributed by atoms with Crippen molar-refractivity contribution in [2.45, 2.75) is 6.92 Å². The summed E-state index contributed by atoms with van der Waals surface area (Å²) in [6.07, 6.45) is 0. The van der Waals surface area contributed by atoms with Crippen LogP contribution < -0.4 is 5.30 Å². The van der Waals surface area contributed by atoms with Crippen molar-refractivity contribution in [3.05, 3.63) is 29.8 Å². The average Bonchev–Trinajstić information content (AvgIpc) is 1.88. The van der Waals surface area contributed by atoms with E-state index in [0.717, 1.165) is 5.30 Å². The Morgan fingerprint density at radius 1 is 1.44 bits per heavy atom. The first-order valence-corrected chi connectivity index (χ1v) is 3.74. The highest BCUT2D eigenvalue weighted by molar-refractivity contribution is 7.40. The van der Waals surface area contributed by atoms with Crippen LogP contribution in [0.1, 0.15) is 5.56 Å². The number of hydrogen-bond donors (Lipinski definition) is 1. The van der Waals surface area contributed by atoms with Gasteiger partial charge in [0.1, 0.15) is 0 Å². The van der Waals surface area contributed by atoms with E-state index in [0.29, 0.717) is 0 Å². The Hall–Kier alpha value is -0.390. The van der Waals surface area contributed by atoms with Crippen LogP contribution in [0.5, 0.6) is 0 Å². The molecule has 0 bridgehead atoms. The fourth-order valence-corrected chi connectivity index (χ4v) is 1.18. The molecule has 0 radical (unpaired) electrons. The van der Waals surface area contributed by atoms with E-state index in [4.69, 9.17) is 4.89 Å². The molecule has 1 unspecified atom stereocenters. The van der Waals surface area contributed by atoms with Gasteiger partial charge >= 0.3 is 0 Å².